The standard InChI is InChI=1S/C10H11ClN4O/c11-7-2-1-3-8(10(7)12)13-5-4-9-14-6-15-16-9/h1-3,6,13H,4-5,12H2. The number of anilines is 2. The number of halogens is 1. The van der Waals surface area contributed by atoms with Crippen LogP contribution in [0.5, 0.6) is 0 Å². The van der Waals surface area contributed by atoms with E-state index >= 15 is 0 Å². The molecule has 2 aromatic rings. The summed E-state index contributed by atoms with van der Waals surface area (Å²) >= 11 is 5.89. The highest BCUT2D eigenvalue weighted by Gasteiger charge is 2.03. The zero-order chi connectivity index (χ0) is 11.4. The molecule has 84 valence electrons. The summed E-state index contributed by atoms with van der Waals surface area (Å²) in [5.74, 6) is 0.591. The lowest BCUT2D eigenvalue weighted by atomic mass is 10.2. The smallest absolute Gasteiger partial charge is 0.228 e. The van der Waals surface area contributed by atoms with E-state index in [1.54, 1.807) is 6.07 Å². The fourth-order valence-corrected chi connectivity index (χ4v) is 1.48. The zero-order valence-electron chi connectivity index (χ0n) is 8.48. The number of hydrogen-bond donors (Lipinski definition) is 2. The number of nitrogens with zero attached hydrogens (tertiary/aromatic N) is 2. The van der Waals surface area contributed by atoms with Gasteiger partial charge in [0, 0.05) is 13.0 Å². The molecule has 0 aliphatic heterocycles. The van der Waals surface area contributed by atoms with Crippen molar-refractivity contribution in [1.82, 2.24) is 10.1 Å². The Bertz CT molecular complexity index is 458. The number of hydrogen-bond acceptors (Lipinski definition) is 5. The molecule has 6 heteroatoms. The van der Waals surface area contributed by atoms with Gasteiger partial charge in [-0.2, -0.15) is 4.98 Å². The minimum Gasteiger partial charge on any atom is -0.396 e. The van der Waals surface area contributed by atoms with Crippen LogP contribution in [0.4, 0.5) is 11.4 Å². The van der Waals surface area contributed by atoms with Gasteiger partial charge in [0.2, 0.25) is 5.89 Å². The Hall–Kier alpha value is -1.75. The fraction of sp³-hybridized carbons (Fsp3) is 0.200. The summed E-state index contributed by atoms with van der Waals surface area (Å²) < 4.78 is 4.87. The molecule has 0 saturated heterocycles. The van der Waals surface area contributed by atoms with Crippen molar-refractivity contribution >= 4 is 23.0 Å². The zero-order valence-corrected chi connectivity index (χ0v) is 9.24. The molecule has 0 saturated carbocycles. The van der Waals surface area contributed by atoms with E-state index in [0.717, 1.165) is 5.69 Å². The van der Waals surface area contributed by atoms with Crippen molar-refractivity contribution in [2.24, 2.45) is 0 Å². The summed E-state index contributed by atoms with van der Waals surface area (Å²) in [7, 11) is 0. The van der Waals surface area contributed by atoms with Crippen LogP contribution in [0.15, 0.2) is 29.0 Å². The van der Waals surface area contributed by atoms with E-state index in [9.17, 15) is 0 Å². The minimum atomic E-state index is 0.544. The normalized spacial score (nSPS) is 10.3. The molecule has 0 aliphatic carbocycles. The highest BCUT2D eigenvalue weighted by Crippen LogP contribution is 2.26. The number of para-hydroxylation sites is 1. The van der Waals surface area contributed by atoms with Gasteiger partial charge in [0.05, 0.1) is 16.4 Å². The second kappa shape index (κ2) is 4.85. The van der Waals surface area contributed by atoms with Gasteiger partial charge in [-0.25, -0.2) is 0 Å². The summed E-state index contributed by atoms with van der Waals surface area (Å²) in [6.07, 6.45) is 2.02. The monoisotopic (exact) mass is 238 g/mol. The molecule has 0 atom stereocenters. The molecular formula is C10H11ClN4O. The van der Waals surface area contributed by atoms with E-state index in [1.807, 2.05) is 12.1 Å². The molecule has 2 rings (SSSR count). The van der Waals surface area contributed by atoms with Crippen molar-refractivity contribution in [3.05, 3.63) is 35.4 Å². The van der Waals surface area contributed by atoms with Gasteiger partial charge in [-0.3, -0.25) is 0 Å². The van der Waals surface area contributed by atoms with Crippen molar-refractivity contribution < 1.29 is 4.52 Å². The van der Waals surface area contributed by atoms with Crippen LogP contribution in [0.1, 0.15) is 5.89 Å². The lowest BCUT2D eigenvalue weighted by Gasteiger charge is -2.08. The number of nitrogens with one attached hydrogen (secondary N) is 1. The van der Waals surface area contributed by atoms with Crippen LogP contribution >= 0.6 is 11.6 Å². The molecule has 3 N–H and O–H groups in total. The first-order valence-corrected chi connectivity index (χ1v) is 5.18. The van der Waals surface area contributed by atoms with Gasteiger partial charge in [-0.1, -0.05) is 22.8 Å². The second-order valence-electron chi connectivity index (χ2n) is 3.21. The highest BCUT2D eigenvalue weighted by molar-refractivity contribution is 6.33. The largest absolute Gasteiger partial charge is 0.396 e. The maximum Gasteiger partial charge on any atom is 0.228 e. The summed E-state index contributed by atoms with van der Waals surface area (Å²) in [6.45, 7) is 0.659. The first-order chi connectivity index (χ1) is 7.77. The van der Waals surface area contributed by atoms with Gasteiger partial charge in [-0.05, 0) is 12.1 Å². The summed E-state index contributed by atoms with van der Waals surface area (Å²) in [4.78, 5) is 3.91. The average Bonchev–Trinajstić information content (AvgIpc) is 2.77. The van der Waals surface area contributed by atoms with Crippen LogP contribution in [0.25, 0.3) is 0 Å². The Kier molecular flexibility index (Phi) is 3.26. The molecule has 0 bridgehead atoms. The molecule has 0 aliphatic rings. The molecule has 1 heterocycles. The summed E-state index contributed by atoms with van der Waals surface area (Å²) in [5, 5.41) is 7.22. The van der Waals surface area contributed by atoms with Gasteiger partial charge >= 0.3 is 0 Å². The fourth-order valence-electron chi connectivity index (χ4n) is 1.30. The topological polar surface area (TPSA) is 77.0 Å². The van der Waals surface area contributed by atoms with E-state index in [1.165, 1.54) is 6.33 Å². The molecule has 0 spiro atoms. The maximum absolute atomic E-state index is 5.89. The third-order valence-electron chi connectivity index (χ3n) is 2.11. The molecular weight excluding hydrogens is 228 g/mol. The van der Waals surface area contributed by atoms with E-state index in [0.29, 0.717) is 29.6 Å². The molecule has 5 nitrogen and oxygen atoms in total. The van der Waals surface area contributed by atoms with Crippen LogP contribution in [0.2, 0.25) is 5.02 Å². The van der Waals surface area contributed by atoms with E-state index in [-0.39, 0.29) is 0 Å². The maximum atomic E-state index is 5.89. The first-order valence-electron chi connectivity index (χ1n) is 4.81. The number of nitrogens with two attached hydrogens (primary N) is 1. The van der Waals surface area contributed by atoms with E-state index in [2.05, 4.69) is 15.5 Å². The van der Waals surface area contributed by atoms with Crippen molar-refractivity contribution in [2.75, 3.05) is 17.6 Å². The molecule has 0 amide bonds. The SMILES string of the molecule is Nc1c(Cl)cccc1NCCc1ncno1. The molecule has 0 unspecified atom stereocenters. The molecule has 1 aromatic heterocycles. The van der Waals surface area contributed by atoms with Crippen LogP contribution < -0.4 is 11.1 Å². The van der Waals surface area contributed by atoms with Gasteiger partial charge in [-0.15, -0.1) is 0 Å². The summed E-state index contributed by atoms with van der Waals surface area (Å²) in [5.41, 5.74) is 7.16. The number of rotatable bonds is 4. The average molecular weight is 239 g/mol. The summed E-state index contributed by atoms with van der Waals surface area (Å²) in [6, 6.07) is 5.46. The highest BCUT2D eigenvalue weighted by atomic mass is 35.5. The third kappa shape index (κ3) is 2.43. The number of aromatic nitrogens is 2. The van der Waals surface area contributed by atoms with Gasteiger partial charge < -0.3 is 15.6 Å². The van der Waals surface area contributed by atoms with Gasteiger partial charge in [0.1, 0.15) is 0 Å². The number of nitrogen functional groups attached to an aromatic ring is 1. The Morgan fingerprint density at radius 1 is 1.44 bits per heavy atom. The Balaban J connectivity index is 1.92. The first kappa shape index (κ1) is 10.8. The van der Waals surface area contributed by atoms with Crippen LogP contribution in [0.3, 0.4) is 0 Å². The predicted molar refractivity (Wildman–Crippen MR) is 62.4 cm³/mol. The lowest BCUT2D eigenvalue weighted by Crippen LogP contribution is -2.07. The van der Waals surface area contributed by atoms with Crippen LogP contribution in [0, 0.1) is 0 Å². The van der Waals surface area contributed by atoms with E-state index in [4.69, 9.17) is 21.9 Å². The quantitative estimate of drug-likeness (QED) is 0.797. The lowest BCUT2D eigenvalue weighted by molar-refractivity contribution is 0.380. The molecule has 16 heavy (non-hydrogen) atoms. The van der Waals surface area contributed by atoms with Crippen LogP contribution in [-0.4, -0.2) is 16.7 Å². The Morgan fingerprint density at radius 3 is 3.06 bits per heavy atom. The Labute approximate surface area is 97.6 Å². The van der Waals surface area contributed by atoms with Gasteiger partial charge in [0.25, 0.3) is 0 Å². The number of benzene rings is 1. The van der Waals surface area contributed by atoms with Crippen molar-refractivity contribution in [3.63, 3.8) is 0 Å². The molecule has 0 radical (unpaired) electrons. The van der Waals surface area contributed by atoms with Gasteiger partial charge in [0.15, 0.2) is 6.33 Å². The van der Waals surface area contributed by atoms with Crippen molar-refractivity contribution in [3.8, 4) is 0 Å². The molecule has 1 aromatic carbocycles. The minimum absolute atomic E-state index is 0.544. The Morgan fingerprint density at radius 2 is 2.31 bits per heavy atom. The molecule has 0 fully saturated rings. The van der Waals surface area contributed by atoms with Crippen molar-refractivity contribution in [2.45, 2.75) is 6.42 Å². The predicted octanol–water partition coefficient (Wildman–Crippen LogP) is 1.96. The van der Waals surface area contributed by atoms with Crippen molar-refractivity contribution in [1.29, 1.82) is 0 Å². The third-order valence-corrected chi connectivity index (χ3v) is 2.44. The second-order valence-corrected chi connectivity index (χ2v) is 3.62. The van der Waals surface area contributed by atoms with E-state index < -0.39 is 0 Å². The van der Waals surface area contributed by atoms with Crippen LogP contribution in [-0.2, 0) is 6.42 Å².